The third kappa shape index (κ3) is 2.04. The summed E-state index contributed by atoms with van der Waals surface area (Å²) in [7, 11) is 0. The molecule has 5 heteroatoms. The molecule has 0 spiro atoms. The molecule has 0 aliphatic heterocycles. The number of hydrogen-bond acceptors (Lipinski definition) is 2. The van der Waals surface area contributed by atoms with Crippen LogP contribution in [0.3, 0.4) is 0 Å². The van der Waals surface area contributed by atoms with Gasteiger partial charge < -0.3 is 10.7 Å². The largest absolute Gasteiger partial charge is 0.340 e. The highest BCUT2D eigenvalue weighted by atomic mass is 19.2. The van der Waals surface area contributed by atoms with Gasteiger partial charge in [-0.15, -0.1) is 0 Å². The Labute approximate surface area is 109 Å². The van der Waals surface area contributed by atoms with E-state index in [0.717, 1.165) is 18.9 Å². The van der Waals surface area contributed by atoms with Crippen molar-refractivity contribution < 1.29 is 8.78 Å². The molecule has 1 heterocycles. The summed E-state index contributed by atoms with van der Waals surface area (Å²) in [6.07, 6.45) is 3.66. The van der Waals surface area contributed by atoms with Gasteiger partial charge in [-0.2, -0.15) is 0 Å². The molecule has 1 saturated carbocycles. The van der Waals surface area contributed by atoms with Crippen LogP contribution in [-0.2, 0) is 5.54 Å². The van der Waals surface area contributed by atoms with E-state index >= 15 is 0 Å². The van der Waals surface area contributed by atoms with Crippen molar-refractivity contribution in [1.82, 2.24) is 9.97 Å². The maximum Gasteiger partial charge on any atom is 0.168 e. The van der Waals surface area contributed by atoms with Gasteiger partial charge in [-0.3, -0.25) is 0 Å². The van der Waals surface area contributed by atoms with Gasteiger partial charge in [-0.25, -0.2) is 13.8 Å². The minimum atomic E-state index is -0.872. The quantitative estimate of drug-likeness (QED) is 0.894. The third-order valence-corrected chi connectivity index (χ3v) is 3.75. The standard InChI is InChI=1S/C14H15F2N3/c1-14(17,8-5-6-8)13-18-7-11(19-13)9-3-2-4-10(15)12(9)16/h2-4,7-8H,5-6,17H2,1H3,(H,18,19). The van der Waals surface area contributed by atoms with Crippen molar-refractivity contribution >= 4 is 0 Å². The van der Waals surface area contributed by atoms with E-state index in [4.69, 9.17) is 5.73 Å². The van der Waals surface area contributed by atoms with E-state index in [0.29, 0.717) is 17.4 Å². The van der Waals surface area contributed by atoms with Gasteiger partial charge in [0.25, 0.3) is 0 Å². The molecule has 19 heavy (non-hydrogen) atoms. The van der Waals surface area contributed by atoms with Crippen molar-refractivity contribution in [3.63, 3.8) is 0 Å². The molecule has 100 valence electrons. The molecule has 2 aromatic rings. The van der Waals surface area contributed by atoms with E-state index in [1.807, 2.05) is 6.92 Å². The van der Waals surface area contributed by atoms with Gasteiger partial charge in [0, 0.05) is 5.56 Å². The SMILES string of the molecule is CC(N)(c1ncc(-c2cccc(F)c2F)[nH]1)C1CC1. The fourth-order valence-electron chi connectivity index (χ4n) is 2.32. The Bertz CT molecular complexity index is 615. The van der Waals surface area contributed by atoms with Crippen LogP contribution in [0.5, 0.6) is 0 Å². The van der Waals surface area contributed by atoms with Crippen molar-refractivity contribution in [3.05, 3.63) is 41.9 Å². The zero-order chi connectivity index (χ0) is 13.6. The highest BCUT2D eigenvalue weighted by Crippen LogP contribution is 2.43. The maximum atomic E-state index is 13.7. The van der Waals surface area contributed by atoms with Crippen molar-refractivity contribution in [1.29, 1.82) is 0 Å². The normalized spacial score (nSPS) is 18.3. The summed E-state index contributed by atoms with van der Waals surface area (Å²) in [6.45, 7) is 1.91. The van der Waals surface area contributed by atoms with Gasteiger partial charge in [-0.1, -0.05) is 6.07 Å². The number of H-pyrrole nitrogens is 1. The fourth-order valence-corrected chi connectivity index (χ4v) is 2.32. The van der Waals surface area contributed by atoms with Crippen LogP contribution in [0.25, 0.3) is 11.3 Å². The number of nitrogens with one attached hydrogen (secondary N) is 1. The molecule has 1 aliphatic carbocycles. The molecule has 1 fully saturated rings. The molecule has 0 bridgehead atoms. The number of benzene rings is 1. The number of rotatable bonds is 3. The minimum absolute atomic E-state index is 0.172. The summed E-state index contributed by atoms with van der Waals surface area (Å²) in [5.74, 6) is -0.716. The van der Waals surface area contributed by atoms with Gasteiger partial charge in [-0.05, 0) is 37.8 Å². The molecule has 0 radical (unpaired) electrons. The van der Waals surface area contributed by atoms with E-state index < -0.39 is 17.2 Å². The summed E-state index contributed by atoms with van der Waals surface area (Å²) in [4.78, 5) is 7.24. The van der Waals surface area contributed by atoms with Crippen LogP contribution in [-0.4, -0.2) is 9.97 Å². The number of nitrogens with two attached hydrogens (primary N) is 1. The fraction of sp³-hybridized carbons (Fsp3) is 0.357. The molecule has 0 saturated heterocycles. The second-order valence-electron chi connectivity index (χ2n) is 5.30. The number of halogens is 2. The third-order valence-electron chi connectivity index (χ3n) is 3.75. The highest BCUT2D eigenvalue weighted by Gasteiger charge is 2.41. The lowest BCUT2D eigenvalue weighted by molar-refractivity contribution is 0.404. The monoisotopic (exact) mass is 263 g/mol. The topological polar surface area (TPSA) is 54.7 Å². The Morgan fingerprint density at radius 2 is 2.11 bits per heavy atom. The molecule has 3 nitrogen and oxygen atoms in total. The molecule has 0 amide bonds. The number of imidazole rings is 1. The van der Waals surface area contributed by atoms with Gasteiger partial charge in [0.2, 0.25) is 0 Å². The van der Waals surface area contributed by atoms with Crippen LogP contribution >= 0.6 is 0 Å². The molecule has 1 atom stereocenters. The first kappa shape index (κ1) is 12.3. The average Bonchev–Trinajstić information content (AvgIpc) is 3.12. The van der Waals surface area contributed by atoms with E-state index in [-0.39, 0.29) is 5.56 Å². The van der Waals surface area contributed by atoms with Crippen LogP contribution in [0.15, 0.2) is 24.4 Å². The zero-order valence-electron chi connectivity index (χ0n) is 10.6. The Hall–Kier alpha value is -1.75. The number of hydrogen-bond donors (Lipinski definition) is 2. The predicted molar refractivity (Wildman–Crippen MR) is 68.2 cm³/mol. The second kappa shape index (κ2) is 4.13. The van der Waals surface area contributed by atoms with Crippen molar-refractivity contribution in [2.24, 2.45) is 11.7 Å². The van der Waals surface area contributed by atoms with Crippen LogP contribution in [0.2, 0.25) is 0 Å². The first-order valence-corrected chi connectivity index (χ1v) is 6.29. The minimum Gasteiger partial charge on any atom is -0.340 e. The first-order valence-electron chi connectivity index (χ1n) is 6.29. The maximum absolute atomic E-state index is 13.7. The summed E-state index contributed by atoms with van der Waals surface area (Å²) in [6, 6.07) is 4.07. The Balaban J connectivity index is 1.99. The number of aromatic amines is 1. The van der Waals surface area contributed by atoms with E-state index in [1.54, 1.807) is 0 Å². The van der Waals surface area contributed by atoms with Crippen LogP contribution in [0.4, 0.5) is 8.78 Å². The number of aromatic nitrogens is 2. The Kier molecular flexibility index (Phi) is 2.67. The molecule has 1 unspecified atom stereocenters. The van der Waals surface area contributed by atoms with Crippen LogP contribution in [0, 0.1) is 17.6 Å². The Morgan fingerprint density at radius 1 is 1.37 bits per heavy atom. The average molecular weight is 263 g/mol. The summed E-state index contributed by atoms with van der Waals surface area (Å²) < 4.78 is 26.9. The van der Waals surface area contributed by atoms with Crippen molar-refractivity contribution in [2.75, 3.05) is 0 Å². The highest BCUT2D eigenvalue weighted by molar-refractivity contribution is 5.59. The van der Waals surface area contributed by atoms with Crippen molar-refractivity contribution in [2.45, 2.75) is 25.3 Å². The second-order valence-corrected chi connectivity index (χ2v) is 5.30. The van der Waals surface area contributed by atoms with Crippen LogP contribution < -0.4 is 5.73 Å². The summed E-state index contributed by atoms with van der Waals surface area (Å²) >= 11 is 0. The lowest BCUT2D eigenvalue weighted by Crippen LogP contribution is -2.36. The number of nitrogens with zero attached hydrogens (tertiary/aromatic N) is 1. The van der Waals surface area contributed by atoms with E-state index in [2.05, 4.69) is 9.97 Å². The Morgan fingerprint density at radius 3 is 2.79 bits per heavy atom. The predicted octanol–water partition coefficient (Wildman–Crippen LogP) is 2.94. The molecular formula is C14H15F2N3. The van der Waals surface area contributed by atoms with Gasteiger partial charge in [0.05, 0.1) is 17.4 Å². The van der Waals surface area contributed by atoms with Gasteiger partial charge in [0.15, 0.2) is 11.6 Å². The molecule has 1 aromatic heterocycles. The van der Waals surface area contributed by atoms with Crippen LogP contribution in [0.1, 0.15) is 25.6 Å². The van der Waals surface area contributed by atoms with Crippen molar-refractivity contribution in [3.8, 4) is 11.3 Å². The zero-order valence-corrected chi connectivity index (χ0v) is 10.6. The lowest BCUT2D eigenvalue weighted by atomic mass is 9.97. The van der Waals surface area contributed by atoms with E-state index in [1.165, 1.54) is 18.3 Å². The van der Waals surface area contributed by atoms with Gasteiger partial charge >= 0.3 is 0 Å². The molecule has 1 aromatic carbocycles. The molecule has 1 aliphatic rings. The molecule has 3 N–H and O–H groups in total. The lowest BCUT2D eigenvalue weighted by Gasteiger charge is -2.21. The van der Waals surface area contributed by atoms with Gasteiger partial charge in [0.1, 0.15) is 5.82 Å². The summed E-state index contributed by atoms with van der Waals surface area (Å²) in [5.41, 5.74) is 6.32. The summed E-state index contributed by atoms with van der Waals surface area (Å²) in [5, 5.41) is 0. The first-order chi connectivity index (χ1) is 9.00. The van der Waals surface area contributed by atoms with E-state index in [9.17, 15) is 8.78 Å². The molecule has 3 rings (SSSR count). The smallest absolute Gasteiger partial charge is 0.168 e. The molecular weight excluding hydrogens is 248 g/mol.